The van der Waals surface area contributed by atoms with Crippen LogP contribution in [0.2, 0.25) is 0 Å². The van der Waals surface area contributed by atoms with Crippen molar-refractivity contribution in [3.63, 3.8) is 0 Å². The number of allylic oxidation sites excluding steroid dienone is 4. The van der Waals surface area contributed by atoms with E-state index in [1.54, 1.807) is 30.5 Å². The standard InChI is InChI=1S/C24H20O2S.C6H7N/c25-27(26,18-8-2-1-3-9-18)24-12-6-11-20-22-14-13-17-7-4-5-10-19(17)21(22)15-16-23(20)24;1-2-4-6-7-5-3-1/h1-10,12,15-16,24H,11,13-14H2;1-3,5-6H,4H2. The van der Waals surface area contributed by atoms with Gasteiger partial charge >= 0.3 is 0 Å². The van der Waals surface area contributed by atoms with E-state index in [1.807, 2.05) is 42.7 Å². The highest BCUT2D eigenvalue weighted by atomic mass is 32.2. The monoisotopic (exact) mass is 465 g/mol. The Morgan fingerprint density at radius 3 is 2.47 bits per heavy atom. The molecule has 0 amide bonds. The van der Waals surface area contributed by atoms with Gasteiger partial charge in [0.25, 0.3) is 0 Å². The number of hydrogen-bond donors (Lipinski definition) is 0. The van der Waals surface area contributed by atoms with Crippen molar-refractivity contribution in [3.8, 4) is 11.1 Å². The molecule has 0 aromatic heterocycles. The highest BCUT2D eigenvalue weighted by Crippen LogP contribution is 2.42. The highest BCUT2D eigenvalue weighted by molar-refractivity contribution is 7.91. The normalized spacial score (nSPS) is 17.6. The van der Waals surface area contributed by atoms with Crippen LogP contribution in [-0.2, 0) is 29.1 Å². The van der Waals surface area contributed by atoms with Gasteiger partial charge in [-0.3, -0.25) is 4.99 Å². The third kappa shape index (κ3) is 4.34. The molecule has 3 nitrogen and oxygen atoms in total. The maximum atomic E-state index is 13.3. The average Bonchev–Trinajstić information content (AvgIpc) is 3.22. The second-order valence-corrected chi connectivity index (χ2v) is 10.6. The molecule has 6 rings (SSSR count). The molecule has 0 saturated heterocycles. The van der Waals surface area contributed by atoms with E-state index in [0.717, 1.165) is 31.2 Å². The van der Waals surface area contributed by atoms with Crippen molar-refractivity contribution in [1.82, 2.24) is 0 Å². The summed E-state index contributed by atoms with van der Waals surface area (Å²) in [6, 6.07) is 21.5. The van der Waals surface area contributed by atoms with Crippen LogP contribution in [0.4, 0.5) is 0 Å². The molecular weight excluding hydrogens is 438 g/mol. The SMILES string of the molecule is C1=CCC=NC=C1.O=S(=O)(c1ccccc1)C1C=CCc2c1ccc1c2CCc2ccccc2-1. The summed E-state index contributed by atoms with van der Waals surface area (Å²) in [7, 11) is -3.45. The third-order valence-corrected chi connectivity index (χ3v) is 8.54. The molecular formula is C30H27NO2S. The molecule has 3 aromatic rings. The Balaban J connectivity index is 0.000000297. The summed E-state index contributed by atoms with van der Waals surface area (Å²) in [4.78, 5) is 4.29. The molecule has 3 aromatic carbocycles. The molecule has 0 bridgehead atoms. The Bertz CT molecular complexity index is 1400. The zero-order valence-corrected chi connectivity index (χ0v) is 19.8. The van der Waals surface area contributed by atoms with Gasteiger partial charge in [0, 0.05) is 18.8 Å². The molecule has 1 heterocycles. The molecule has 4 heteroatoms. The van der Waals surface area contributed by atoms with Crippen LogP contribution < -0.4 is 0 Å². The van der Waals surface area contributed by atoms with Gasteiger partial charge in [0.05, 0.1) is 4.90 Å². The Morgan fingerprint density at radius 1 is 0.765 bits per heavy atom. The molecule has 0 fully saturated rings. The zero-order chi connectivity index (χ0) is 23.4. The van der Waals surface area contributed by atoms with E-state index in [4.69, 9.17) is 0 Å². The van der Waals surface area contributed by atoms with Crippen LogP contribution in [0.25, 0.3) is 11.1 Å². The van der Waals surface area contributed by atoms with E-state index in [-0.39, 0.29) is 0 Å². The van der Waals surface area contributed by atoms with Gasteiger partial charge in [-0.2, -0.15) is 0 Å². The van der Waals surface area contributed by atoms with Crippen molar-refractivity contribution in [2.24, 2.45) is 4.99 Å². The lowest BCUT2D eigenvalue weighted by atomic mass is 9.79. The fourth-order valence-corrected chi connectivity index (χ4v) is 6.60. The van der Waals surface area contributed by atoms with E-state index in [9.17, 15) is 8.42 Å². The van der Waals surface area contributed by atoms with Gasteiger partial charge in [-0.15, -0.1) is 0 Å². The van der Waals surface area contributed by atoms with E-state index < -0.39 is 15.1 Å². The maximum absolute atomic E-state index is 13.3. The fourth-order valence-electron chi connectivity index (χ4n) is 4.90. The molecule has 3 aliphatic rings. The second kappa shape index (κ2) is 9.78. The predicted molar refractivity (Wildman–Crippen MR) is 140 cm³/mol. The summed E-state index contributed by atoms with van der Waals surface area (Å²) in [6.45, 7) is 0. The minimum absolute atomic E-state index is 0.385. The van der Waals surface area contributed by atoms with Crippen LogP contribution in [0.3, 0.4) is 0 Å². The minimum Gasteiger partial charge on any atom is -0.269 e. The van der Waals surface area contributed by atoms with Crippen molar-refractivity contribution in [1.29, 1.82) is 0 Å². The molecule has 2 aliphatic carbocycles. The first-order valence-corrected chi connectivity index (χ1v) is 13.2. The highest BCUT2D eigenvalue weighted by Gasteiger charge is 2.32. The van der Waals surface area contributed by atoms with Crippen LogP contribution in [-0.4, -0.2) is 14.6 Å². The minimum atomic E-state index is -3.45. The summed E-state index contributed by atoms with van der Waals surface area (Å²) in [5, 5.41) is -0.605. The van der Waals surface area contributed by atoms with Crippen molar-refractivity contribution in [2.75, 3.05) is 0 Å². The number of benzene rings is 3. The number of sulfone groups is 1. The van der Waals surface area contributed by atoms with Gasteiger partial charge in [0.1, 0.15) is 5.25 Å². The number of aryl methyl sites for hydroxylation is 1. The quantitative estimate of drug-likeness (QED) is 0.400. The topological polar surface area (TPSA) is 46.5 Å². The molecule has 0 spiro atoms. The van der Waals surface area contributed by atoms with Crippen LogP contribution in [0.5, 0.6) is 0 Å². The van der Waals surface area contributed by atoms with E-state index in [0.29, 0.717) is 4.90 Å². The largest absolute Gasteiger partial charge is 0.269 e. The summed E-state index contributed by atoms with van der Waals surface area (Å²) in [5.41, 5.74) is 7.40. The molecule has 1 aliphatic heterocycles. The summed E-state index contributed by atoms with van der Waals surface area (Å²) in [6.07, 6.45) is 17.3. The van der Waals surface area contributed by atoms with Crippen molar-refractivity contribution in [2.45, 2.75) is 35.8 Å². The molecule has 0 radical (unpaired) electrons. The van der Waals surface area contributed by atoms with Gasteiger partial charge in [-0.1, -0.05) is 78.9 Å². The molecule has 1 atom stereocenters. The van der Waals surface area contributed by atoms with Crippen LogP contribution in [0.15, 0.2) is 113 Å². The first-order valence-electron chi connectivity index (χ1n) is 11.7. The second-order valence-electron chi connectivity index (χ2n) is 8.56. The van der Waals surface area contributed by atoms with E-state index in [2.05, 4.69) is 41.4 Å². The van der Waals surface area contributed by atoms with E-state index in [1.165, 1.54) is 27.8 Å². The lowest BCUT2D eigenvalue weighted by Crippen LogP contribution is -2.18. The lowest BCUT2D eigenvalue weighted by molar-refractivity contribution is 0.589. The Kier molecular flexibility index (Phi) is 6.41. The third-order valence-electron chi connectivity index (χ3n) is 6.53. The van der Waals surface area contributed by atoms with Crippen LogP contribution in [0, 0.1) is 0 Å². The first kappa shape index (κ1) is 22.3. The number of fused-ring (bicyclic) bond motifs is 5. The number of rotatable bonds is 2. The Morgan fingerprint density at radius 2 is 1.59 bits per heavy atom. The average molecular weight is 466 g/mol. The number of nitrogens with zero attached hydrogens (tertiary/aromatic N) is 1. The first-order chi connectivity index (χ1) is 16.7. The van der Waals surface area contributed by atoms with Gasteiger partial charge in [-0.05, 0) is 70.9 Å². The van der Waals surface area contributed by atoms with E-state index >= 15 is 0 Å². The fraction of sp³-hybridized carbons (Fsp3) is 0.167. The predicted octanol–water partition coefficient (Wildman–Crippen LogP) is 6.61. The summed E-state index contributed by atoms with van der Waals surface area (Å²) >= 11 is 0. The lowest BCUT2D eigenvalue weighted by Gasteiger charge is -2.28. The van der Waals surface area contributed by atoms with Gasteiger partial charge < -0.3 is 0 Å². The smallest absolute Gasteiger partial charge is 0.188 e. The van der Waals surface area contributed by atoms with Crippen molar-refractivity contribution in [3.05, 3.63) is 126 Å². The van der Waals surface area contributed by atoms with Gasteiger partial charge in [0.2, 0.25) is 0 Å². The molecule has 0 N–H and O–H groups in total. The summed E-state index contributed by atoms with van der Waals surface area (Å²) in [5.74, 6) is 0. The molecule has 170 valence electrons. The summed E-state index contributed by atoms with van der Waals surface area (Å²) < 4.78 is 26.5. The number of hydrogen-bond acceptors (Lipinski definition) is 3. The Labute approximate surface area is 201 Å². The van der Waals surface area contributed by atoms with Crippen molar-refractivity contribution < 1.29 is 8.42 Å². The van der Waals surface area contributed by atoms with Gasteiger partial charge in [0.15, 0.2) is 9.84 Å². The Hall–Kier alpha value is -3.50. The van der Waals surface area contributed by atoms with Crippen molar-refractivity contribution >= 4 is 16.1 Å². The van der Waals surface area contributed by atoms with Crippen LogP contribution in [0.1, 0.15) is 33.9 Å². The zero-order valence-electron chi connectivity index (χ0n) is 19.0. The van der Waals surface area contributed by atoms with Crippen LogP contribution >= 0.6 is 0 Å². The molecule has 1 unspecified atom stereocenters. The number of aliphatic imine (C=N–C) groups is 1. The van der Waals surface area contributed by atoms with Gasteiger partial charge in [-0.25, -0.2) is 8.42 Å². The maximum Gasteiger partial charge on any atom is 0.188 e. The molecule has 34 heavy (non-hydrogen) atoms. The molecule has 0 saturated carbocycles.